The van der Waals surface area contributed by atoms with Gasteiger partial charge in [-0.3, -0.25) is 33.8 Å². The van der Waals surface area contributed by atoms with Gasteiger partial charge in [0.15, 0.2) is 0 Å². The molecule has 1 saturated carbocycles. The average molecular weight is 692 g/mol. The molecule has 49 heavy (non-hydrogen) atoms. The second-order valence-corrected chi connectivity index (χ2v) is 14.6. The monoisotopic (exact) mass is 691 g/mol. The van der Waals surface area contributed by atoms with E-state index in [2.05, 4.69) is 31.2 Å². The molecule has 7 atom stereocenters. The van der Waals surface area contributed by atoms with Crippen LogP contribution in [0.2, 0.25) is 0 Å². The number of aromatic nitrogens is 2. The maximum absolute atomic E-state index is 14.4. The van der Waals surface area contributed by atoms with Gasteiger partial charge in [-0.2, -0.15) is 0 Å². The van der Waals surface area contributed by atoms with E-state index >= 15 is 0 Å². The number of likely N-dealkylation sites (tertiary alicyclic amines) is 1. The van der Waals surface area contributed by atoms with Crippen molar-refractivity contribution < 1.29 is 37.5 Å². The minimum atomic E-state index is -2.76. The third-order valence-electron chi connectivity index (χ3n) is 9.39. The number of carbonyl (C=O) groups excluding carboxylic acids is 6. The second kappa shape index (κ2) is 17.1. The first kappa shape index (κ1) is 39.4. The molecule has 1 saturated heterocycles. The first-order valence-electron chi connectivity index (χ1n) is 17.1. The van der Waals surface area contributed by atoms with Crippen LogP contribution in [0.4, 0.5) is 8.78 Å². The van der Waals surface area contributed by atoms with Crippen molar-refractivity contribution in [2.24, 2.45) is 23.2 Å². The molecule has 0 bridgehead atoms. The van der Waals surface area contributed by atoms with E-state index in [0.717, 1.165) is 12.8 Å². The number of alkyl halides is 2. The maximum Gasteiger partial charge on any atom is 0.289 e. The van der Waals surface area contributed by atoms with Gasteiger partial charge in [-0.15, -0.1) is 0 Å². The van der Waals surface area contributed by atoms with Crippen molar-refractivity contribution in [1.82, 2.24) is 36.1 Å². The molecule has 1 aromatic heterocycles. The van der Waals surface area contributed by atoms with Gasteiger partial charge in [0.1, 0.15) is 23.8 Å². The molecule has 1 aliphatic carbocycles. The van der Waals surface area contributed by atoms with E-state index in [0.29, 0.717) is 12.8 Å². The fourth-order valence-electron chi connectivity index (χ4n) is 6.46. The molecule has 1 aliphatic heterocycles. The lowest BCUT2D eigenvalue weighted by molar-refractivity contribution is -0.146. The van der Waals surface area contributed by atoms with Crippen LogP contribution in [0.3, 0.4) is 0 Å². The highest BCUT2D eigenvalue weighted by Gasteiger charge is 2.52. The molecule has 2 fully saturated rings. The average Bonchev–Trinajstić information content (AvgIpc) is 3.64. The van der Waals surface area contributed by atoms with Gasteiger partial charge >= 0.3 is 0 Å². The topological polar surface area (TPSA) is 180 Å². The predicted molar refractivity (Wildman–Crippen MR) is 176 cm³/mol. The van der Waals surface area contributed by atoms with Gasteiger partial charge in [0.2, 0.25) is 29.9 Å². The van der Waals surface area contributed by atoms with Crippen molar-refractivity contribution in [3.8, 4) is 0 Å². The van der Waals surface area contributed by atoms with Crippen LogP contribution in [0.5, 0.6) is 0 Å². The normalized spacial score (nSPS) is 21.4. The molecular weight excluding hydrogens is 640 g/mol. The minimum Gasteiger partial charge on any atom is -0.347 e. The second-order valence-electron chi connectivity index (χ2n) is 14.6. The van der Waals surface area contributed by atoms with Gasteiger partial charge in [-0.05, 0) is 55.8 Å². The Balaban J connectivity index is 1.87. The lowest BCUT2D eigenvalue weighted by Gasteiger charge is -2.37. The van der Waals surface area contributed by atoms with E-state index in [4.69, 9.17) is 0 Å². The van der Waals surface area contributed by atoms with Gasteiger partial charge in [0, 0.05) is 31.4 Å². The number of fused-ring (bicyclic) bond motifs is 1. The standard InChI is InChI=1S/C34H51F2N7O6/c1-8-19(4)39-32(48)27(44)22(12-13-24(35)36)40-31(47)26-21-11-9-10-20(21)17-43(26)33(49)28(34(5,6)7)42-30(46)25(18(2)3)41-29(45)23-16-37-14-15-38-23/h14-16,18-22,24-26,28H,8-13,17H2,1-7H3,(H,39,48)(H,40,47)(H,41,45)(H,42,46)/t19-,20-,21-,22?,25+,26-,28+/m0/s1. The molecule has 0 spiro atoms. The van der Waals surface area contributed by atoms with Gasteiger partial charge in [-0.1, -0.05) is 48.0 Å². The van der Waals surface area contributed by atoms with E-state index in [9.17, 15) is 37.5 Å². The third kappa shape index (κ3) is 10.2. The van der Waals surface area contributed by atoms with Crippen molar-refractivity contribution in [1.29, 1.82) is 0 Å². The van der Waals surface area contributed by atoms with Crippen LogP contribution >= 0.6 is 0 Å². The summed E-state index contributed by atoms with van der Waals surface area (Å²) in [6.07, 6.45) is 2.86. The summed E-state index contributed by atoms with van der Waals surface area (Å²) in [7, 11) is 0. The zero-order chi connectivity index (χ0) is 36.6. The van der Waals surface area contributed by atoms with Crippen LogP contribution in [-0.2, 0) is 24.0 Å². The van der Waals surface area contributed by atoms with E-state index in [1.807, 2.05) is 0 Å². The Labute approximate surface area is 286 Å². The molecule has 272 valence electrons. The molecule has 3 rings (SSSR count). The lowest BCUT2D eigenvalue weighted by atomic mass is 9.85. The summed E-state index contributed by atoms with van der Waals surface area (Å²) in [5.74, 6) is -5.11. The van der Waals surface area contributed by atoms with E-state index in [-0.39, 0.29) is 36.0 Å². The summed E-state index contributed by atoms with van der Waals surface area (Å²) in [4.78, 5) is 90.0. The van der Waals surface area contributed by atoms with Crippen LogP contribution in [-0.4, -0.2) is 93.4 Å². The molecule has 4 N–H and O–H groups in total. The highest BCUT2D eigenvalue weighted by Crippen LogP contribution is 2.43. The number of nitrogens with zero attached hydrogens (tertiary/aromatic N) is 3. The van der Waals surface area contributed by atoms with Gasteiger partial charge in [-0.25, -0.2) is 13.8 Å². The summed E-state index contributed by atoms with van der Waals surface area (Å²) >= 11 is 0. The molecule has 1 aromatic rings. The smallest absolute Gasteiger partial charge is 0.289 e. The Kier molecular flexibility index (Phi) is 13.7. The van der Waals surface area contributed by atoms with Crippen LogP contribution in [0.15, 0.2) is 18.6 Å². The summed E-state index contributed by atoms with van der Waals surface area (Å²) in [5.41, 5.74) is -0.823. The Hall–Kier alpha value is -4.04. The molecular formula is C34H51F2N7O6. The molecule has 15 heteroatoms. The zero-order valence-corrected chi connectivity index (χ0v) is 29.4. The summed E-state index contributed by atoms with van der Waals surface area (Å²) in [5, 5.41) is 10.6. The van der Waals surface area contributed by atoms with Gasteiger partial charge in [0.05, 0.1) is 12.2 Å². The van der Waals surface area contributed by atoms with Crippen molar-refractivity contribution in [2.45, 2.75) is 124 Å². The van der Waals surface area contributed by atoms with Gasteiger partial charge < -0.3 is 26.2 Å². The highest BCUT2D eigenvalue weighted by atomic mass is 19.3. The number of hydrogen-bond acceptors (Lipinski definition) is 8. The largest absolute Gasteiger partial charge is 0.347 e. The number of ketones is 1. The molecule has 1 unspecified atom stereocenters. The Morgan fingerprint density at radius 2 is 1.65 bits per heavy atom. The van der Waals surface area contributed by atoms with Crippen LogP contribution < -0.4 is 21.3 Å². The number of hydrogen-bond donors (Lipinski definition) is 4. The number of amides is 5. The number of Topliss-reactive ketones (excluding diaryl/α,β-unsaturated/α-hetero) is 1. The molecule has 13 nitrogen and oxygen atoms in total. The number of nitrogens with one attached hydrogen (secondary N) is 4. The lowest BCUT2D eigenvalue weighted by Crippen LogP contribution is -2.62. The summed E-state index contributed by atoms with van der Waals surface area (Å²) < 4.78 is 26.5. The maximum atomic E-state index is 14.4. The Morgan fingerprint density at radius 3 is 2.22 bits per heavy atom. The van der Waals surface area contributed by atoms with Crippen LogP contribution in [0.1, 0.15) is 97.5 Å². The fraction of sp³-hybridized carbons (Fsp3) is 0.706. The van der Waals surface area contributed by atoms with Crippen LogP contribution in [0, 0.1) is 23.2 Å². The van der Waals surface area contributed by atoms with Crippen LogP contribution in [0.25, 0.3) is 0 Å². The van der Waals surface area contributed by atoms with Crippen molar-refractivity contribution in [3.05, 3.63) is 24.3 Å². The van der Waals surface area contributed by atoms with Crippen molar-refractivity contribution >= 4 is 35.3 Å². The molecule has 0 aromatic carbocycles. The summed E-state index contributed by atoms with van der Waals surface area (Å²) in [6, 6.07) is -5.05. The predicted octanol–water partition coefficient (Wildman–Crippen LogP) is 2.40. The first-order chi connectivity index (χ1) is 23.0. The van der Waals surface area contributed by atoms with E-state index in [1.54, 1.807) is 48.5 Å². The Morgan fingerprint density at radius 1 is 0.959 bits per heavy atom. The molecule has 0 radical (unpaired) electrons. The van der Waals surface area contributed by atoms with Gasteiger partial charge in [0.25, 0.3) is 11.8 Å². The Bertz CT molecular complexity index is 1360. The highest BCUT2D eigenvalue weighted by molar-refractivity contribution is 6.38. The first-order valence-corrected chi connectivity index (χ1v) is 17.1. The summed E-state index contributed by atoms with van der Waals surface area (Å²) in [6.45, 7) is 12.5. The van der Waals surface area contributed by atoms with Crippen molar-refractivity contribution in [3.63, 3.8) is 0 Å². The van der Waals surface area contributed by atoms with E-state index < -0.39 is 84.2 Å². The third-order valence-corrected chi connectivity index (χ3v) is 9.39. The minimum absolute atomic E-state index is 0.0181. The zero-order valence-electron chi connectivity index (χ0n) is 29.4. The number of rotatable bonds is 15. The molecule has 2 aliphatic rings. The number of carbonyl (C=O) groups is 6. The molecule has 2 heterocycles. The molecule has 5 amide bonds. The van der Waals surface area contributed by atoms with E-state index in [1.165, 1.54) is 23.5 Å². The fourth-order valence-corrected chi connectivity index (χ4v) is 6.46. The SMILES string of the molecule is CC[C@H](C)NC(=O)C(=O)C(CCC(F)F)NC(=O)[C@@H]1[C@H]2CCC[C@H]2CN1C(=O)[C@@H](NC(=O)[C@H](NC(=O)c1cnccn1)C(C)C)C(C)(C)C. The number of halogens is 2. The quantitative estimate of drug-likeness (QED) is 0.203. The van der Waals surface area contributed by atoms with Crippen molar-refractivity contribution in [2.75, 3.05) is 6.54 Å².